The number of hydrogen-bond acceptors (Lipinski definition) is 7. The summed E-state index contributed by atoms with van der Waals surface area (Å²) in [6.45, 7) is 5.49. The van der Waals surface area contributed by atoms with Crippen molar-refractivity contribution in [2.24, 2.45) is 0 Å². The van der Waals surface area contributed by atoms with Gasteiger partial charge in [0.05, 0.1) is 27.4 Å². The van der Waals surface area contributed by atoms with Gasteiger partial charge in [0, 0.05) is 43.9 Å². The number of hydrogen-bond donors (Lipinski definition) is 2. The zero-order valence-electron chi connectivity index (χ0n) is 19.8. The molecule has 2 aromatic carbocycles. The van der Waals surface area contributed by atoms with E-state index in [0.717, 1.165) is 43.0 Å². The van der Waals surface area contributed by atoms with Gasteiger partial charge in [-0.15, -0.1) is 0 Å². The van der Waals surface area contributed by atoms with Crippen LogP contribution in [0, 0.1) is 0 Å². The lowest BCUT2D eigenvalue weighted by Gasteiger charge is -2.30. The highest BCUT2D eigenvalue weighted by atomic mass is 16.5. The Balaban J connectivity index is 1.84. The minimum atomic E-state index is -0.300. The minimum Gasteiger partial charge on any atom is -0.493 e. The monoisotopic (exact) mass is 455 g/mol. The fraction of sp³-hybridized carbons (Fsp3) is 0.440. The van der Waals surface area contributed by atoms with Gasteiger partial charge >= 0.3 is 5.97 Å². The lowest BCUT2D eigenvalue weighted by Crippen LogP contribution is -2.43. The first-order valence-corrected chi connectivity index (χ1v) is 11.1. The molecule has 33 heavy (non-hydrogen) atoms. The number of nitrogens with one attached hydrogen (secondary N) is 2. The van der Waals surface area contributed by atoms with Crippen LogP contribution >= 0.6 is 0 Å². The van der Waals surface area contributed by atoms with Crippen molar-refractivity contribution in [3.05, 3.63) is 53.1 Å². The molecule has 178 valence electrons. The van der Waals surface area contributed by atoms with Crippen molar-refractivity contribution in [3.63, 3.8) is 0 Å². The van der Waals surface area contributed by atoms with Crippen LogP contribution in [0.5, 0.6) is 11.5 Å². The lowest BCUT2D eigenvalue weighted by atomic mass is 9.99. The standard InChI is InChI=1S/C25H33N3O5/c1-17(19-6-9-22(31-2)23(15-19)32-3)27-25(30)21-16-20(28-13-11-26-12-14-28)8-5-18(21)7-10-24(29)33-4/h5-6,8-9,15-17,26H,7,10-14H2,1-4H3,(H,27,30)/t17-/m1/s1. The van der Waals surface area contributed by atoms with Crippen LogP contribution < -0.4 is 25.0 Å². The zero-order chi connectivity index (χ0) is 23.8. The van der Waals surface area contributed by atoms with Crippen LogP contribution in [0.1, 0.15) is 40.9 Å². The lowest BCUT2D eigenvalue weighted by molar-refractivity contribution is -0.140. The van der Waals surface area contributed by atoms with Crippen molar-refractivity contribution in [2.45, 2.75) is 25.8 Å². The maximum absolute atomic E-state index is 13.4. The van der Waals surface area contributed by atoms with Crippen LogP contribution in [0.2, 0.25) is 0 Å². The van der Waals surface area contributed by atoms with E-state index in [0.29, 0.717) is 23.5 Å². The molecule has 0 radical (unpaired) electrons. The highest BCUT2D eigenvalue weighted by Crippen LogP contribution is 2.30. The average molecular weight is 456 g/mol. The number of piperazine rings is 1. The summed E-state index contributed by atoms with van der Waals surface area (Å²) in [6.07, 6.45) is 0.650. The number of nitrogens with zero attached hydrogens (tertiary/aromatic N) is 1. The molecule has 2 N–H and O–H groups in total. The maximum atomic E-state index is 13.4. The molecule has 8 nitrogen and oxygen atoms in total. The van der Waals surface area contributed by atoms with Crippen LogP contribution in [0.3, 0.4) is 0 Å². The van der Waals surface area contributed by atoms with E-state index in [-0.39, 0.29) is 24.3 Å². The van der Waals surface area contributed by atoms with Crippen molar-refractivity contribution in [1.29, 1.82) is 0 Å². The molecule has 0 spiro atoms. The molecule has 8 heteroatoms. The Morgan fingerprint density at radius 2 is 1.76 bits per heavy atom. The molecular formula is C25H33N3O5. The summed E-state index contributed by atoms with van der Waals surface area (Å²) < 4.78 is 15.5. The molecule has 0 aromatic heterocycles. The molecule has 1 heterocycles. The third-order valence-electron chi connectivity index (χ3n) is 5.90. The van der Waals surface area contributed by atoms with Crippen LogP contribution in [-0.2, 0) is 16.0 Å². The normalized spacial score (nSPS) is 14.4. The second-order valence-corrected chi connectivity index (χ2v) is 7.96. The molecule has 1 aliphatic rings. The Labute approximate surface area is 195 Å². The first-order chi connectivity index (χ1) is 16.0. The summed E-state index contributed by atoms with van der Waals surface area (Å²) in [6, 6.07) is 11.2. The first kappa shape index (κ1) is 24.4. The van der Waals surface area contributed by atoms with Gasteiger partial charge in [-0.3, -0.25) is 9.59 Å². The second kappa shape index (κ2) is 11.6. The summed E-state index contributed by atoms with van der Waals surface area (Å²) in [5, 5.41) is 6.43. The van der Waals surface area contributed by atoms with Gasteiger partial charge in [-0.2, -0.15) is 0 Å². The number of carbonyl (C=O) groups is 2. The van der Waals surface area contributed by atoms with E-state index in [1.807, 2.05) is 43.3 Å². The predicted octanol–water partition coefficient (Wildman–Crippen LogP) is 2.71. The maximum Gasteiger partial charge on any atom is 0.305 e. The molecule has 1 amide bonds. The molecule has 0 unspecified atom stereocenters. The molecule has 1 aliphatic heterocycles. The molecule has 1 fully saturated rings. The van der Waals surface area contributed by atoms with Crippen molar-refractivity contribution in [3.8, 4) is 11.5 Å². The van der Waals surface area contributed by atoms with Gasteiger partial charge < -0.3 is 29.7 Å². The topological polar surface area (TPSA) is 89.1 Å². The largest absolute Gasteiger partial charge is 0.493 e. The van der Waals surface area contributed by atoms with Crippen LogP contribution in [0.25, 0.3) is 0 Å². The molecule has 0 saturated carbocycles. The molecule has 1 atom stereocenters. The molecular weight excluding hydrogens is 422 g/mol. The quantitative estimate of drug-likeness (QED) is 0.562. The third kappa shape index (κ3) is 6.16. The number of anilines is 1. The van der Waals surface area contributed by atoms with Crippen molar-refractivity contribution in [1.82, 2.24) is 10.6 Å². The Kier molecular flexibility index (Phi) is 8.54. The Hall–Kier alpha value is -3.26. The summed E-state index contributed by atoms with van der Waals surface area (Å²) in [4.78, 5) is 27.3. The van der Waals surface area contributed by atoms with Crippen molar-refractivity contribution < 1.29 is 23.8 Å². The van der Waals surface area contributed by atoms with Gasteiger partial charge in [0.1, 0.15) is 0 Å². The number of benzene rings is 2. The van der Waals surface area contributed by atoms with E-state index in [1.54, 1.807) is 14.2 Å². The van der Waals surface area contributed by atoms with Gasteiger partial charge in [-0.05, 0) is 48.7 Å². The smallest absolute Gasteiger partial charge is 0.305 e. The fourth-order valence-corrected chi connectivity index (χ4v) is 3.93. The van der Waals surface area contributed by atoms with E-state index in [4.69, 9.17) is 14.2 Å². The SMILES string of the molecule is COC(=O)CCc1ccc(N2CCNCC2)cc1C(=O)N[C@H](C)c1ccc(OC)c(OC)c1. The summed E-state index contributed by atoms with van der Waals surface area (Å²) in [5.41, 5.74) is 3.29. The second-order valence-electron chi connectivity index (χ2n) is 7.96. The van der Waals surface area contributed by atoms with Gasteiger partial charge in [-0.25, -0.2) is 0 Å². The fourth-order valence-electron chi connectivity index (χ4n) is 3.93. The van der Waals surface area contributed by atoms with E-state index < -0.39 is 0 Å². The number of methoxy groups -OCH3 is 3. The first-order valence-electron chi connectivity index (χ1n) is 11.1. The van der Waals surface area contributed by atoms with Gasteiger partial charge in [0.2, 0.25) is 0 Å². The number of aryl methyl sites for hydroxylation is 1. The van der Waals surface area contributed by atoms with Gasteiger partial charge in [0.15, 0.2) is 11.5 Å². The van der Waals surface area contributed by atoms with Gasteiger partial charge in [-0.1, -0.05) is 12.1 Å². The van der Waals surface area contributed by atoms with Crippen LogP contribution in [0.4, 0.5) is 5.69 Å². The predicted molar refractivity (Wildman–Crippen MR) is 127 cm³/mol. The Bertz CT molecular complexity index is 973. The Morgan fingerprint density at radius 1 is 1.03 bits per heavy atom. The van der Waals surface area contributed by atoms with Crippen LogP contribution in [-0.4, -0.2) is 59.4 Å². The average Bonchev–Trinajstić information content (AvgIpc) is 2.87. The van der Waals surface area contributed by atoms with E-state index >= 15 is 0 Å². The van der Waals surface area contributed by atoms with Gasteiger partial charge in [0.25, 0.3) is 5.91 Å². The molecule has 0 aliphatic carbocycles. The summed E-state index contributed by atoms with van der Waals surface area (Å²) in [5.74, 6) is 0.754. The zero-order valence-corrected chi connectivity index (χ0v) is 19.8. The highest BCUT2D eigenvalue weighted by molar-refractivity contribution is 5.97. The number of carbonyl (C=O) groups excluding carboxylic acids is 2. The number of rotatable bonds is 9. The number of amides is 1. The van der Waals surface area contributed by atoms with Crippen molar-refractivity contribution >= 4 is 17.6 Å². The highest BCUT2D eigenvalue weighted by Gasteiger charge is 2.20. The van der Waals surface area contributed by atoms with E-state index in [9.17, 15) is 9.59 Å². The van der Waals surface area contributed by atoms with Crippen LogP contribution in [0.15, 0.2) is 36.4 Å². The van der Waals surface area contributed by atoms with E-state index in [2.05, 4.69) is 15.5 Å². The van der Waals surface area contributed by atoms with E-state index in [1.165, 1.54) is 7.11 Å². The van der Waals surface area contributed by atoms with Crippen molar-refractivity contribution in [2.75, 3.05) is 52.4 Å². The number of esters is 1. The molecule has 2 aromatic rings. The molecule has 1 saturated heterocycles. The summed E-state index contributed by atoms with van der Waals surface area (Å²) >= 11 is 0. The minimum absolute atomic E-state index is 0.186. The third-order valence-corrected chi connectivity index (χ3v) is 5.90. The summed E-state index contributed by atoms with van der Waals surface area (Å²) in [7, 11) is 4.54. The molecule has 3 rings (SSSR count). The number of ether oxygens (including phenoxy) is 3. The Morgan fingerprint density at radius 3 is 2.42 bits per heavy atom. The molecule has 0 bridgehead atoms.